The Labute approximate surface area is 120 Å². The Morgan fingerprint density at radius 2 is 1.71 bits per heavy atom. The van der Waals surface area contributed by atoms with Gasteiger partial charge in [-0.1, -0.05) is 0 Å². The monoisotopic (exact) mass is 251 g/mol. The summed E-state index contributed by atoms with van der Waals surface area (Å²) in [5, 5.41) is 16.4. The zero-order valence-corrected chi connectivity index (χ0v) is 11.8. The third-order valence-electron chi connectivity index (χ3n) is 1.47. The second-order valence-corrected chi connectivity index (χ2v) is 2.50. The van der Waals surface area contributed by atoms with Gasteiger partial charge in [-0.3, -0.25) is 4.79 Å². The standard InChI is InChI=1S/C8H10O3.C2H2O3.Na/c1-10-7-4-3-6(9)5-8(7)11-2;3-1-2(4)5;/h3-5,9H,1-2H3;1H,(H,4,5);. The van der Waals surface area contributed by atoms with Gasteiger partial charge < -0.3 is 19.7 Å². The molecular formula is C10H12NaO6. The number of ether oxygens (including phenoxy) is 2. The van der Waals surface area contributed by atoms with Crippen molar-refractivity contribution in [3.8, 4) is 17.2 Å². The van der Waals surface area contributed by atoms with Gasteiger partial charge in [0, 0.05) is 35.6 Å². The smallest absolute Gasteiger partial charge is 0.368 e. The first kappa shape index (κ1) is 18.1. The summed E-state index contributed by atoms with van der Waals surface area (Å²) in [6.07, 6.45) is -0.167. The van der Waals surface area contributed by atoms with Crippen LogP contribution in [0.5, 0.6) is 17.2 Å². The number of phenolic OH excluding ortho intramolecular Hbond substituents is 1. The molecule has 1 aromatic carbocycles. The predicted octanol–water partition coefficient (Wildman–Crippen LogP) is 0.298. The summed E-state index contributed by atoms with van der Waals surface area (Å²) in [6, 6.07) is 4.69. The Morgan fingerprint density at radius 3 is 2.06 bits per heavy atom. The number of benzene rings is 1. The molecule has 6 nitrogen and oxygen atoms in total. The molecule has 17 heavy (non-hydrogen) atoms. The fourth-order valence-electron chi connectivity index (χ4n) is 0.825. The van der Waals surface area contributed by atoms with Gasteiger partial charge in [-0.25, -0.2) is 4.79 Å². The molecule has 0 amide bonds. The number of carbonyl (C=O) groups excluding carboxylic acids is 1. The van der Waals surface area contributed by atoms with Crippen LogP contribution in [0, 0.1) is 0 Å². The minimum absolute atomic E-state index is 0. The fraction of sp³-hybridized carbons (Fsp3) is 0.200. The number of carboxylic acid groups (broad SMARTS) is 1. The largest absolute Gasteiger partial charge is 0.508 e. The van der Waals surface area contributed by atoms with Gasteiger partial charge >= 0.3 is 5.97 Å². The quantitative estimate of drug-likeness (QED) is 0.456. The van der Waals surface area contributed by atoms with Crippen molar-refractivity contribution < 1.29 is 29.3 Å². The molecule has 7 heteroatoms. The van der Waals surface area contributed by atoms with Crippen LogP contribution in [0.15, 0.2) is 18.2 Å². The van der Waals surface area contributed by atoms with Crippen LogP contribution in [-0.2, 0) is 9.59 Å². The van der Waals surface area contributed by atoms with Crippen molar-refractivity contribution >= 4 is 41.8 Å². The van der Waals surface area contributed by atoms with Crippen molar-refractivity contribution in [2.45, 2.75) is 0 Å². The molecule has 89 valence electrons. The first-order chi connectivity index (χ1) is 7.54. The van der Waals surface area contributed by atoms with Crippen LogP contribution in [0.4, 0.5) is 0 Å². The molecule has 0 fully saturated rings. The maximum atomic E-state index is 9.03. The molecule has 0 unspecified atom stereocenters. The summed E-state index contributed by atoms with van der Waals surface area (Å²) >= 11 is 0. The van der Waals surface area contributed by atoms with E-state index in [1.807, 2.05) is 0 Å². The number of aromatic hydroxyl groups is 1. The molecule has 0 saturated carbocycles. The van der Waals surface area contributed by atoms with Crippen LogP contribution < -0.4 is 9.47 Å². The van der Waals surface area contributed by atoms with Crippen LogP contribution >= 0.6 is 0 Å². The van der Waals surface area contributed by atoms with Crippen molar-refractivity contribution in [2.24, 2.45) is 0 Å². The van der Waals surface area contributed by atoms with Crippen molar-refractivity contribution in [2.75, 3.05) is 14.2 Å². The van der Waals surface area contributed by atoms with Crippen LogP contribution in [0.25, 0.3) is 0 Å². The van der Waals surface area contributed by atoms with Crippen molar-refractivity contribution in [1.29, 1.82) is 0 Å². The van der Waals surface area contributed by atoms with E-state index in [1.54, 1.807) is 19.2 Å². The van der Waals surface area contributed by atoms with Crippen LogP contribution in [0.3, 0.4) is 0 Å². The van der Waals surface area contributed by atoms with Gasteiger partial charge in [-0.2, -0.15) is 0 Å². The molecule has 0 saturated heterocycles. The van der Waals surface area contributed by atoms with Gasteiger partial charge in [0.25, 0.3) is 0 Å². The number of rotatable bonds is 3. The predicted molar refractivity (Wildman–Crippen MR) is 60.7 cm³/mol. The number of carbonyl (C=O) groups is 2. The molecule has 1 radical (unpaired) electrons. The van der Waals surface area contributed by atoms with Gasteiger partial charge in [-0.15, -0.1) is 0 Å². The summed E-state index contributed by atoms with van der Waals surface area (Å²) in [5.74, 6) is -0.106. The maximum absolute atomic E-state index is 9.03. The van der Waals surface area contributed by atoms with Crippen LogP contribution in [0.1, 0.15) is 0 Å². The number of hydrogen-bond acceptors (Lipinski definition) is 5. The third-order valence-corrected chi connectivity index (χ3v) is 1.47. The average molecular weight is 251 g/mol. The van der Waals surface area contributed by atoms with E-state index in [4.69, 9.17) is 29.3 Å². The molecule has 0 aliphatic carbocycles. The Morgan fingerprint density at radius 1 is 1.24 bits per heavy atom. The van der Waals surface area contributed by atoms with Gasteiger partial charge in [0.1, 0.15) is 5.75 Å². The van der Waals surface area contributed by atoms with Crippen LogP contribution in [-0.4, -0.2) is 66.2 Å². The van der Waals surface area contributed by atoms with Crippen LogP contribution in [0.2, 0.25) is 0 Å². The number of phenols is 1. The van der Waals surface area contributed by atoms with Gasteiger partial charge in [-0.05, 0) is 12.1 Å². The number of carboxylic acids is 1. The maximum Gasteiger partial charge on any atom is 0.368 e. The first-order valence-corrected chi connectivity index (χ1v) is 4.14. The molecule has 0 aliphatic heterocycles. The average Bonchev–Trinajstić information content (AvgIpc) is 2.29. The summed E-state index contributed by atoms with van der Waals surface area (Å²) < 4.78 is 9.89. The van der Waals surface area contributed by atoms with E-state index in [1.165, 1.54) is 13.2 Å². The minimum Gasteiger partial charge on any atom is -0.508 e. The van der Waals surface area contributed by atoms with E-state index < -0.39 is 5.97 Å². The molecule has 0 aliphatic rings. The van der Waals surface area contributed by atoms with E-state index in [9.17, 15) is 0 Å². The molecule has 2 N–H and O–H groups in total. The number of hydrogen-bond donors (Lipinski definition) is 2. The molecule has 0 bridgehead atoms. The molecule has 1 rings (SSSR count). The normalized spacial score (nSPS) is 7.88. The Balaban J connectivity index is 0. The molecule has 0 atom stereocenters. The molecule has 0 aromatic heterocycles. The van der Waals surface area contributed by atoms with E-state index in [0.717, 1.165) is 0 Å². The van der Waals surface area contributed by atoms with Crippen molar-refractivity contribution in [3.05, 3.63) is 18.2 Å². The molecule has 0 spiro atoms. The summed E-state index contributed by atoms with van der Waals surface area (Å²) in [5.41, 5.74) is 0. The summed E-state index contributed by atoms with van der Waals surface area (Å²) in [6.45, 7) is 0. The summed E-state index contributed by atoms with van der Waals surface area (Å²) in [4.78, 5) is 17.9. The van der Waals surface area contributed by atoms with E-state index in [0.29, 0.717) is 11.5 Å². The Kier molecular flexibility index (Phi) is 10.6. The zero-order valence-electron chi connectivity index (χ0n) is 9.84. The SMILES string of the molecule is COc1ccc(O)cc1OC.O=CC(=O)O.[Na]. The van der Waals surface area contributed by atoms with E-state index in [2.05, 4.69) is 0 Å². The minimum atomic E-state index is -1.43. The van der Waals surface area contributed by atoms with E-state index in [-0.39, 0.29) is 41.6 Å². The Hall–Kier alpha value is -1.24. The second kappa shape index (κ2) is 9.95. The fourth-order valence-corrected chi connectivity index (χ4v) is 0.825. The Bertz CT molecular complexity index is 366. The van der Waals surface area contributed by atoms with Gasteiger partial charge in [0.05, 0.1) is 14.2 Å². The third kappa shape index (κ3) is 7.62. The number of aldehydes is 1. The van der Waals surface area contributed by atoms with Gasteiger partial charge in [0.2, 0.25) is 6.29 Å². The number of aliphatic carboxylic acids is 1. The number of methoxy groups -OCH3 is 2. The second-order valence-electron chi connectivity index (χ2n) is 2.50. The summed E-state index contributed by atoms with van der Waals surface area (Å²) in [7, 11) is 3.08. The van der Waals surface area contributed by atoms with E-state index >= 15 is 0 Å². The van der Waals surface area contributed by atoms with Gasteiger partial charge in [0.15, 0.2) is 11.5 Å². The topological polar surface area (TPSA) is 93.1 Å². The molecular weight excluding hydrogens is 239 g/mol. The van der Waals surface area contributed by atoms with Crippen molar-refractivity contribution in [1.82, 2.24) is 0 Å². The first-order valence-electron chi connectivity index (χ1n) is 4.14. The van der Waals surface area contributed by atoms with Crippen molar-refractivity contribution in [3.63, 3.8) is 0 Å². The molecule has 1 aromatic rings. The molecule has 0 heterocycles. The zero-order chi connectivity index (χ0) is 12.6.